The molecule has 10 heteroatoms. The Morgan fingerprint density at radius 1 is 1.27 bits per heavy atom. The number of pyridine rings is 1. The molecule has 2 aliphatic heterocycles. The number of fused-ring (bicyclic) bond motifs is 2. The third kappa shape index (κ3) is 3.47. The van der Waals surface area contributed by atoms with Crippen molar-refractivity contribution >= 4 is 11.8 Å². The van der Waals surface area contributed by atoms with E-state index in [1.54, 1.807) is 0 Å². The molecule has 2 aromatic rings. The zero-order chi connectivity index (χ0) is 20.8. The molecule has 3 fully saturated rings. The van der Waals surface area contributed by atoms with E-state index in [0.29, 0.717) is 43.5 Å². The topological polar surface area (TPSA) is 102 Å². The second kappa shape index (κ2) is 7.66. The Hall–Kier alpha value is -2.46. The van der Waals surface area contributed by atoms with Gasteiger partial charge >= 0.3 is 0 Å². The summed E-state index contributed by atoms with van der Waals surface area (Å²) >= 11 is 0. The molecule has 4 atom stereocenters. The lowest BCUT2D eigenvalue weighted by Crippen LogP contribution is -2.45. The van der Waals surface area contributed by atoms with E-state index in [2.05, 4.69) is 25.2 Å². The number of hydrogen-bond donors (Lipinski definition) is 2. The molecule has 2 aromatic heterocycles. The van der Waals surface area contributed by atoms with Crippen LogP contribution in [0.1, 0.15) is 43.5 Å². The van der Waals surface area contributed by atoms with E-state index < -0.39 is 6.43 Å². The molecule has 0 aromatic carbocycles. The number of nitrogen functional groups attached to an aromatic ring is 1. The molecular weight excluding hydrogens is 392 g/mol. The number of anilines is 2. The van der Waals surface area contributed by atoms with Gasteiger partial charge in [0.05, 0.1) is 19.3 Å². The summed E-state index contributed by atoms with van der Waals surface area (Å²) in [5.74, 6) is 2.12. The number of ether oxygens (including phenoxy) is 1. The standard InChI is InChI=1S/C20H25F2N7O/c1-10-9-30-3-2-29(10)20-27-18(13-5-12-4-11(13)7-24-12)26-19(28-20)15-8-25-16(23)6-14(15)17(21)22/h6,8,10-13,17,24H,2-5,7,9H2,1H3,(H2,23,25)/t10-,11+,12-,13?/m1/s1. The van der Waals surface area contributed by atoms with E-state index in [1.807, 2.05) is 6.92 Å². The highest BCUT2D eigenvalue weighted by Crippen LogP contribution is 2.43. The van der Waals surface area contributed by atoms with Crippen LogP contribution >= 0.6 is 0 Å². The van der Waals surface area contributed by atoms with E-state index in [-0.39, 0.29) is 34.7 Å². The second-order valence-electron chi connectivity index (χ2n) is 8.37. The first-order valence-corrected chi connectivity index (χ1v) is 10.4. The largest absolute Gasteiger partial charge is 0.384 e. The van der Waals surface area contributed by atoms with Crippen LogP contribution < -0.4 is 16.0 Å². The lowest BCUT2D eigenvalue weighted by molar-refractivity contribution is 0.0980. The van der Waals surface area contributed by atoms with Crippen LogP contribution in [0, 0.1) is 5.92 Å². The maximum absolute atomic E-state index is 13.7. The first kappa shape index (κ1) is 19.5. The van der Waals surface area contributed by atoms with E-state index >= 15 is 0 Å². The van der Waals surface area contributed by atoms with Gasteiger partial charge in [0.25, 0.3) is 6.43 Å². The van der Waals surface area contributed by atoms with E-state index in [1.165, 1.54) is 12.3 Å². The molecule has 0 spiro atoms. The van der Waals surface area contributed by atoms with Crippen molar-refractivity contribution in [2.75, 3.05) is 36.9 Å². The minimum atomic E-state index is -2.71. The molecular formula is C20H25F2N7O. The Bertz CT molecular complexity index is 923. The number of alkyl halides is 2. The summed E-state index contributed by atoms with van der Waals surface area (Å²) in [6.07, 6.45) is 0.683. The quantitative estimate of drug-likeness (QED) is 0.780. The van der Waals surface area contributed by atoms with Crippen molar-refractivity contribution in [3.63, 3.8) is 0 Å². The minimum Gasteiger partial charge on any atom is -0.384 e. The summed E-state index contributed by atoms with van der Waals surface area (Å²) < 4.78 is 33.0. The van der Waals surface area contributed by atoms with Gasteiger partial charge in [-0.15, -0.1) is 0 Å². The fraction of sp³-hybridized carbons (Fsp3) is 0.600. The summed E-state index contributed by atoms with van der Waals surface area (Å²) in [6.45, 7) is 4.76. The first-order valence-electron chi connectivity index (χ1n) is 10.4. The van der Waals surface area contributed by atoms with Gasteiger partial charge in [-0.1, -0.05) is 0 Å². The normalized spacial score (nSPS) is 28.5. The first-order chi connectivity index (χ1) is 14.5. The monoisotopic (exact) mass is 417 g/mol. The van der Waals surface area contributed by atoms with Crippen LogP contribution in [0.5, 0.6) is 0 Å². The van der Waals surface area contributed by atoms with Crippen molar-refractivity contribution < 1.29 is 13.5 Å². The molecule has 1 aliphatic carbocycles. The predicted octanol–water partition coefficient (Wildman–Crippen LogP) is 2.14. The maximum Gasteiger partial charge on any atom is 0.264 e. The fourth-order valence-electron chi connectivity index (χ4n) is 4.83. The molecule has 3 aliphatic rings. The molecule has 2 saturated heterocycles. The Kier molecular flexibility index (Phi) is 4.98. The van der Waals surface area contributed by atoms with E-state index in [0.717, 1.165) is 19.4 Å². The van der Waals surface area contributed by atoms with Crippen LogP contribution in [0.3, 0.4) is 0 Å². The second-order valence-corrected chi connectivity index (χ2v) is 8.37. The summed E-state index contributed by atoms with van der Waals surface area (Å²) in [6, 6.07) is 1.76. The number of piperidine rings is 1. The fourth-order valence-corrected chi connectivity index (χ4v) is 4.83. The van der Waals surface area contributed by atoms with Crippen molar-refractivity contribution in [1.29, 1.82) is 0 Å². The van der Waals surface area contributed by atoms with Crippen LogP contribution in [0.15, 0.2) is 12.3 Å². The van der Waals surface area contributed by atoms with Crippen LogP contribution in [-0.2, 0) is 4.74 Å². The number of nitrogens with one attached hydrogen (secondary N) is 1. The zero-order valence-electron chi connectivity index (χ0n) is 16.8. The van der Waals surface area contributed by atoms with Gasteiger partial charge in [-0.3, -0.25) is 0 Å². The van der Waals surface area contributed by atoms with Gasteiger partial charge in [-0.2, -0.15) is 9.97 Å². The lowest BCUT2D eigenvalue weighted by atomic mass is 9.94. The summed E-state index contributed by atoms with van der Waals surface area (Å²) in [5, 5.41) is 3.50. The number of morpholine rings is 1. The smallest absolute Gasteiger partial charge is 0.264 e. The van der Waals surface area contributed by atoms with Crippen molar-refractivity contribution in [3.05, 3.63) is 23.7 Å². The highest BCUT2D eigenvalue weighted by atomic mass is 19.3. The molecule has 1 saturated carbocycles. The SMILES string of the molecule is C[C@@H]1COCCN1c1nc(-c2cnc(N)cc2C(F)F)nc(C2C[C@H]3C[C@H]2CN3)n1. The van der Waals surface area contributed by atoms with Crippen LogP contribution in [0.2, 0.25) is 0 Å². The average molecular weight is 417 g/mol. The van der Waals surface area contributed by atoms with Gasteiger partial charge in [0.1, 0.15) is 11.6 Å². The van der Waals surface area contributed by atoms with Gasteiger partial charge in [-0.25, -0.2) is 18.7 Å². The predicted molar refractivity (Wildman–Crippen MR) is 107 cm³/mol. The zero-order valence-corrected chi connectivity index (χ0v) is 16.8. The molecule has 2 bridgehead atoms. The molecule has 30 heavy (non-hydrogen) atoms. The number of aromatic nitrogens is 4. The molecule has 8 nitrogen and oxygen atoms in total. The van der Waals surface area contributed by atoms with Gasteiger partial charge < -0.3 is 20.7 Å². The summed E-state index contributed by atoms with van der Waals surface area (Å²) in [4.78, 5) is 20.2. The number of hydrogen-bond acceptors (Lipinski definition) is 8. The van der Waals surface area contributed by atoms with Crippen molar-refractivity contribution in [2.45, 2.75) is 44.2 Å². The van der Waals surface area contributed by atoms with Crippen LogP contribution in [0.25, 0.3) is 11.4 Å². The highest BCUT2D eigenvalue weighted by molar-refractivity contribution is 5.63. The average Bonchev–Trinajstić information content (AvgIpc) is 3.37. The molecule has 160 valence electrons. The van der Waals surface area contributed by atoms with Crippen LogP contribution in [-0.4, -0.2) is 58.3 Å². The molecule has 1 unspecified atom stereocenters. The van der Waals surface area contributed by atoms with Crippen molar-refractivity contribution in [2.24, 2.45) is 5.92 Å². The van der Waals surface area contributed by atoms with Gasteiger partial charge in [-0.05, 0) is 38.3 Å². The number of nitrogens with two attached hydrogens (primary N) is 1. The van der Waals surface area contributed by atoms with E-state index in [9.17, 15) is 8.78 Å². The Balaban J connectivity index is 1.62. The van der Waals surface area contributed by atoms with Crippen molar-refractivity contribution in [3.8, 4) is 11.4 Å². The minimum absolute atomic E-state index is 0.0459. The number of halogens is 2. The van der Waals surface area contributed by atoms with Crippen LogP contribution in [0.4, 0.5) is 20.5 Å². The molecule has 0 amide bonds. The molecule has 3 N–H and O–H groups in total. The van der Waals surface area contributed by atoms with Gasteiger partial charge in [0, 0.05) is 35.8 Å². The molecule has 4 heterocycles. The van der Waals surface area contributed by atoms with Crippen molar-refractivity contribution in [1.82, 2.24) is 25.3 Å². The Labute approximate surface area is 173 Å². The van der Waals surface area contributed by atoms with E-state index in [4.69, 9.17) is 15.5 Å². The Morgan fingerprint density at radius 3 is 2.83 bits per heavy atom. The third-order valence-electron chi connectivity index (χ3n) is 6.39. The summed E-state index contributed by atoms with van der Waals surface area (Å²) in [7, 11) is 0. The lowest BCUT2D eigenvalue weighted by Gasteiger charge is -2.34. The van der Waals surface area contributed by atoms with Gasteiger partial charge in [0.15, 0.2) is 5.82 Å². The highest BCUT2D eigenvalue weighted by Gasteiger charge is 2.42. The number of nitrogens with zero attached hydrogens (tertiary/aromatic N) is 5. The van der Waals surface area contributed by atoms with Gasteiger partial charge in [0.2, 0.25) is 5.95 Å². The summed E-state index contributed by atoms with van der Waals surface area (Å²) in [5.41, 5.74) is 5.64. The third-order valence-corrected chi connectivity index (χ3v) is 6.39. The maximum atomic E-state index is 13.7. The molecule has 5 rings (SSSR count). The molecule has 0 radical (unpaired) electrons. The number of rotatable bonds is 4. The Morgan fingerprint density at radius 2 is 2.13 bits per heavy atom.